The largest absolute Gasteiger partial charge is 0.320 e. The van der Waals surface area contributed by atoms with Crippen LogP contribution in [-0.2, 0) is 0 Å². The molecular weight excluding hydrogens is 240 g/mol. The molecule has 90 valence electrons. The minimum absolute atomic E-state index is 0.576. The lowest BCUT2D eigenvalue weighted by Crippen LogP contribution is -1.89. The van der Waals surface area contributed by atoms with Crippen molar-refractivity contribution in [2.24, 2.45) is 0 Å². The van der Waals surface area contributed by atoms with Crippen LogP contribution >= 0.6 is 0 Å². The van der Waals surface area contributed by atoms with E-state index in [1.54, 1.807) is 18.6 Å². The smallest absolute Gasteiger partial charge is 0.197 e. The molecule has 0 amide bonds. The minimum atomic E-state index is 0.576. The van der Waals surface area contributed by atoms with Crippen LogP contribution in [-0.4, -0.2) is 29.9 Å². The molecule has 1 N–H and O–H groups in total. The fraction of sp³-hybridized carbons (Fsp3) is 0. The summed E-state index contributed by atoms with van der Waals surface area (Å²) in [6.45, 7) is 0. The molecule has 3 heterocycles. The van der Waals surface area contributed by atoms with E-state index >= 15 is 0 Å². The van der Waals surface area contributed by atoms with Crippen molar-refractivity contribution in [1.82, 2.24) is 29.9 Å². The first-order valence-corrected chi connectivity index (χ1v) is 5.79. The monoisotopic (exact) mass is 248 g/mol. The van der Waals surface area contributed by atoms with Crippen molar-refractivity contribution < 1.29 is 0 Å². The van der Waals surface area contributed by atoms with Gasteiger partial charge in [0, 0.05) is 12.4 Å². The maximum atomic E-state index is 4.53. The van der Waals surface area contributed by atoms with Crippen LogP contribution in [0, 0.1) is 0 Å². The first-order chi connectivity index (χ1) is 9.40. The van der Waals surface area contributed by atoms with Crippen LogP contribution in [0.15, 0.2) is 42.9 Å². The molecule has 0 spiro atoms. The summed E-state index contributed by atoms with van der Waals surface area (Å²) in [7, 11) is 0. The third-order valence-electron chi connectivity index (χ3n) is 2.82. The number of aromatic amines is 1. The van der Waals surface area contributed by atoms with Crippen molar-refractivity contribution in [1.29, 1.82) is 0 Å². The molecule has 4 rings (SSSR count). The average molecular weight is 248 g/mol. The lowest BCUT2D eigenvalue weighted by atomic mass is 10.3. The van der Waals surface area contributed by atoms with E-state index in [1.807, 2.05) is 24.3 Å². The first kappa shape index (κ1) is 10.1. The number of fused-ring (bicyclic) bond motifs is 2. The molecule has 0 saturated carbocycles. The van der Waals surface area contributed by atoms with Gasteiger partial charge in [-0.15, -0.1) is 0 Å². The number of imidazole rings is 1. The van der Waals surface area contributed by atoms with Gasteiger partial charge < -0.3 is 4.98 Å². The van der Waals surface area contributed by atoms with Gasteiger partial charge in [-0.05, 0) is 12.1 Å². The van der Waals surface area contributed by atoms with Gasteiger partial charge in [0.15, 0.2) is 17.1 Å². The average Bonchev–Trinajstić information content (AvgIpc) is 2.90. The minimum Gasteiger partial charge on any atom is -0.320 e. The number of nitrogens with zero attached hydrogens (tertiary/aromatic N) is 5. The molecule has 0 fully saturated rings. The third kappa shape index (κ3) is 1.61. The fourth-order valence-corrected chi connectivity index (χ4v) is 1.94. The highest BCUT2D eigenvalue weighted by molar-refractivity contribution is 5.77. The standard InChI is InChI=1S/C13H8N6/c1-2-4-9-8(3-1)16-7-10(17-9)11-18-12-13(19-11)15-6-5-14-12/h1-7H,(H,14,15,18,19). The summed E-state index contributed by atoms with van der Waals surface area (Å²) in [6, 6.07) is 7.72. The number of hydrogen-bond donors (Lipinski definition) is 1. The Kier molecular flexibility index (Phi) is 2.02. The van der Waals surface area contributed by atoms with Crippen LogP contribution in [0.4, 0.5) is 0 Å². The number of nitrogens with one attached hydrogen (secondary N) is 1. The van der Waals surface area contributed by atoms with Gasteiger partial charge in [-0.2, -0.15) is 0 Å². The molecule has 1 aromatic carbocycles. The second-order valence-electron chi connectivity index (χ2n) is 4.06. The lowest BCUT2D eigenvalue weighted by molar-refractivity contribution is 1.22. The molecule has 0 unspecified atom stereocenters. The Morgan fingerprint density at radius 1 is 0.842 bits per heavy atom. The molecule has 0 bridgehead atoms. The number of H-pyrrole nitrogens is 1. The Morgan fingerprint density at radius 2 is 1.68 bits per heavy atom. The van der Waals surface area contributed by atoms with Crippen molar-refractivity contribution in [3.05, 3.63) is 42.9 Å². The Bertz CT molecular complexity index is 849. The lowest BCUT2D eigenvalue weighted by Gasteiger charge is -1.98. The van der Waals surface area contributed by atoms with Crippen molar-refractivity contribution in [2.75, 3.05) is 0 Å². The molecule has 0 atom stereocenters. The number of para-hydroxylation sites is 2. The van der Waals surface area contributed by atoms with Crippen molar-refractivity contribution in [2.45, 2.75) is 0 Å². The van der Waals surface area contributed by atoms with E-state index in [4.69, 9.17) is 0 Å². The highest BCUT2D eigenvalue weighted by atomic mass is 15.1. The number of aromatic nitrogens is 6. The summed E-state index contributed by atoms with van der Waals surface area (Å²) in [5.74, 6) is 0.624. The zero-order valence-electron chi connectivity index (χ0n) is 9.78. The summed E-state index contributed by atoms with van der Waals surface area (Å²) in [4.78, 5) is 24.6. The van der Waals surface area contributed by atoms with E-state index in [2.05, 4.69) is 29.9 Å². The molecular formula is C13H8N6. The van der Waals surface area contributed by atoms with Crippen molar-refractivity contribution in [3.8, 4) is 11.5 Å². The molecule has 0 aliphatic carbocycles. The molecule has 4 aromatic rings. The normalized spacial score (nSPS) is 11.2. The van der Waals surface area contributed by atoms with E-state index in [0.29, 0.717) is 22.8 Å². The Balaban J connectivity index is 1.93. The summed E-state index contributed by atoms with van der Waals surface area (Å²) < 4.78 is 0. The number of benzene rings is 1. The molecule has 6 heteroatoms. The number of hydrogen-bond acceptors (Lipinski definition) is 5. The molecule has 19 heavy (non-hydrogen) atoms. The van der Waals surface area contributed by atoms with E-state index in [1.165, 1.54) is 0 Å². The quantitative estimate of drug-likeness (QED) is 0.557. The van der Waals surface area contributed by atoms with Crippen LogP contribution in [0.1, 0.15) is 0 Å². The maximum Gasteiger partial charge on any atom is 0.197 e. The zero-order valence-corrected chi connectivity index (χ0v) is 9.78. The van der Waals surface area contributed by atoms with Gasteiger partial charge in [0.1, 0.15) is 5.69 Å². The molecule has 0 aliphatic heterocycles. The second-order valence-corrected chi connectivity index (χ2v) is 4.06. The Morgan fingerprint density at radius 3 is 2.58 bits per heavy atom. The van der Waals surface area contributed by atoms with Crippen LogP contribution in [0.3, 0.4) is 0 Å². The summed E-state index contributed by atoms with van der Waals surface area (Å²) in [5, 5.41) is 0. The fourth-order valence-electron chi connectivity index (χ4n) is 1.94. The Labute approximate surface area is 107 Å². The summed E-state index contributed by atoms with van der Waals surface area (Å²) in [6.07, 6.45) is 4.93. The van der Waals surface area contributed by atoms with Crippen LogP contribution in [0.25, 0.3) is 33.8 Å². The second kappa shape index (κ2) is 3.81. The van der Waals surface area contributed by atoms with Gasteiger partial charge in [0.2, 0.25) is 0 Å². The van der Waals surface area contributed by atoms with Gasteiger partial charge in [-0.25, -0.2) is 19.9 Å². The van der Waals surface area contributed by atoms with Crippen LogP contribution in [0.2, 0.25) is 0 Å². The Hall–Kier alpha value is -2.89. The van der Waals surface area contributed by atoms with Gasteiger partial charge in [-0.1, -0.05) is 12.1 Å². The van der Waals surface area contributed by atoms with Crippen molar-refractivity contribution in [3.63, 3.8) is 0 Å². The maximum absolute atomic E-state index is 4.53. The SMILES string of the molecule is c1ccc2nc(-c3nc4nccnc4[nH]3)cnc2c1. The van der Waals surface area contributed by atoms with E-state index in [9.17, 15) is 0 Å². The van der Waals surface area contributed by atoms with Gasteiger partial charge in [0.25, 0.3) is 0 Å². The zero-order chi connectivity index (χ0) is 12.7. The van der Waals surface area contributed by atoms with E-state index in [-0.39, 0.29) is 0 Å². The summed E-state index contributed by atoms with van der Waals surface area (Å²) in [5.41, 5.74) is 3.60. The van der Waals surface area contributed by atoms with Crippen LogP contribution in [0.5, 0.6) is 0 Å². The van der Waals surface area contributed by atoms with E-state index in [0.717, 1.165) is 11.0 Å². The predicted molar refractivity (Wildman–Crippen MR) is 70.2 cm³/mol. The third-order valence-corrected chi connectivity index (χ3v) is 2.82. The topological polar surface area (TPSA) is 80.2 Å². The van der Waals surface area contributed by atoms with Gasteiger partial charge in [-0.3, -0.25) is 4.98 Å². The number of rotatable bonds is 1. The first-order valence-electron chi connectivity index (χ1n) is 5.79. The van der Waals surface area contributed by atoms with Crippen molar-refractivity contribution >= 4 is 22.3 Å². The highest BCUT2D eigenvalue weighted by Crippen LogP contribution is 2.17. The highest BCUT2D eigenvalue weighted by Gasteiger charge is 2.08. The molecule has 0 aliphatic rings. The summed E-state index contributed by atoms with van der Waals surface area (Å²) >= 11 is 0. The van der Waals surface area contributed by atoms with Gasteiger partial charge in [0.05, 0.1) is 17.2 Å². The predicted octanol–water partition coefficient (Wildman–Crippen LogP) is 1.96. The molecule has 6 nitrogen and oxygen atoms in total. The van der Waals surface area contributed by atoms with E-state index < -0.39 is 0 Å². The molecule has 0 saturated heterocycles. The molecule has 0 radical (unpaired) electrons. The van der Waals surface area contributed by atoms with Gasteiger partial charge >= 0.3 is 0 Å². The van der Waals surface area contributed by atoms with Crippen LogP contribution < -0.4 is 0 Å². The molecule has 3 aromatic heterocycles.